The molecule has 3 nitrogen and oxygen atoms in total. The summed E-state index contributed by atoms with van der Waals surface area (Å²) in [5, 5.41) is 0.699. The number of nitrogen functional groups attached to an aromatic ring is 1. The first kappa shape index (κ1) is 13.6. The summed E-state index contributed by atoms with van der Waals surface area (Å²) in [6.45, 7) is 0.679. The van der Waals surface area contributed by atoms with E-state index in [4.69, 9.17) is 22.1 Å². The highest BCUT2D eigenvalue weighted by molar-refractivity contribution is 6.30. The fourth-order valence-corrected chi connectivity index (χ4v) is 2.24. The average Bonchev–Trinajstić information content (AvgIpc) is 2.39. The third-order valence-electron chi connectivity index (χ3n) is 3.00. The van der Waals surface area contributed by atoms with E-state index < -0.39 is 0 Å². The fourth-order valence-electron chi connectivity index (χ4n) is 2.05. The maximum absolute atomic E-state index is 6.04. The predicted molar refractivity (Wildman–Crippen MR) is 81.0 cm³/mol. The number of para-hydroxylation sites is 2. The van der Waals surface area contributed by atoms with Crippen molar-refractivity contribution in [1.29, 1.82) is 0 Å². The smallest absolute Gasteiger partial charge is 0.123 e. The van der Waals surface area contributed by atoms with Gasteiger partial charge in [-0.3, -0.25) is 0 Å². The molecule has 0 saturated carbocycles. The molecular formula is C15H17ClN2O. The molecule has 0 saturated heterocycles. The molecule has 0 unspecified atom stereocenters. The topological polar surface area (TPSA) is 38.5 Å². The van der Waals surface area contributed by atoms with Crippen molar-refractivity contribution in [3.05, 3.63) is 53.1 Å². The molecule has 0 bridgehead atoms. The van der Waals surface area contributed by atoms with Crippen molar-refractivity contribution in [3.63, 3.8) is 0 Å². The summed E-state index contributed by atoms with van der Waals surface area (Å²) >= 11 is 6.04. The lowest BCUT2D eigenvalue weighted by Gasteiger charge is -2.22. The Kier molecular flexibility index (Phi) is 4.17. The molecule has 0 aromatic heterocycles. The zero-order valence-electron chi connectivity index (χ0n) is 11.1. The van der Waals surface area contributed by atoms with E-state index in [0.29, 0.717) is 11.6 Å². The Morgan fingerprint density at radius 1 is 1.21 bits per heavy atom. The number of benzene rings is 2. The lowest BCUT2D eigenvalue weighted by molar-refractivity contribution is 0.409. The SMILES string of the molecule is COc1ccc(Cl)cc1CN(C)c1ccccc1N. The molecule has 0 spiro atoms. The van der Waals surface area contributed by atoms with E-state index in [1.54, 1.807) is 7.11 Å². The van der Waals surface area contributed by atoms with Crippen LogP contribution in [0.1, 0.15) is 5.56 Å². The quantitative estimate of drug-likeness (QED) is 0.868. The van der Waals surface area contributed by atoms with Crippen molar-refractivity contribution in [1.82, 2.24) is 0 Å². The van der Waals surface area contributed by atoms with Gasteiger partial charge in [0.1, 0.15) is 5.75 Å². The summed E-state index contributed by atoms with van der Waals surface area (Å²) in [4.78, 5) is 2.07. The number of nitrogens with zero attached hydrogens (tertiary/aromatic N) is 1. The lowest BCUT2D eigenvalue weighted by atomic mass is 10.1. The molecule has 0 aliphatic carbocycles. The molecule has 4 heteroatoms. The highest BCUT2D eigenvalue weighted by Gasteiger charge is 2.09. The van der Waals surface area contributed by atoms with Gasteiger partial charge in [0.2, 0.25) is 0 Å². The van der Waals surface area contributed by atoms with Crippen molar-refractivity contribution >= 4 is 23.0 Å². The number of anilines is 2. The fraction of sp³-hybridized carbons (Fsp3) is 0.200. The highest BCUT2D eigenvalue weighted by atomic mass is 35.5. The Labute approximate surface area is 118 Å². The maximum atomic E-state index is 6.04. The third-order valence-corrected chi connectivity index (χ3v) is 3.23. The normalized spacial score (nSPS) is 10.3. The van der Waals surface area contributed by atoms with Gasteiger partial charge in [0.15, 0.2) is 0 Å². The van der Waals surface area contributed by atoms with E-state index in [-0.39, 0.29) is 0 Å². The number of hydrogen-bond acceptors (Lipinski definition) is 3. The predicted octanol–water partition coefficient (Wildman–Crippen LogP) is 3.57. The number of methoxy groups -OCH3 is 1. The van der Waals surface area contributed by atoms with Gasteiger partial charge in [0.05, 0.1) is 18.5 Å². The molecule has 2 aromatic rings. The van der Waals surface area contributed by atoms with E-state index in [2.05, 4.69) is 4.90 Å². The van der Waals surface area contributed by atoms with E-state index in [0.717, 1.165) is 22.7 Å². The maximum Gasteiger partial charge on any atom is 0.123 e. The Balaban J connectivity index is 2.26. The third kappa shape index (κ3) is 3.12. The number of halogens is 1. The summed E-state index contributed by atoms with van der Waals surface area (Å²) in [5.74, 6) is 0.825. The van der Waals surface area contributed by atoms with Crippen LogP contribution in [0, 0.1) is 0 Å². The van der Waals surface area contributed by atoms with Gasteiger partial charge in [0.25, 0.3) is 0 Å². The molecule has 100 valence electrons. The first-order valence-corrected chi connectivity index (χ1v) is 6.37. The minimum absolute atomic E-state index is 0.679. The van der Waals surface area contributed by atoms with Gasteiger partial charge in [-0.05, 0) is 30.3 Å². The summed E-state index contributed by atoms with van der Waals surface area (Å²) < 4.78 is 5.35. The van der Waals surface area contributed by atoms with Crippen LogP contribution >= 0.6 is 11.6 Å². The van der Waals surface area contributed by atoms with Gasteiger partial charge in [-0.15, -0.1) is 0 Å². The zero-order chi connectivity index (χ0) is 13.8. The summed E-state index contributed by atoms with van der Waals surface area (Å²) in [7, 11) is 3.65. The molecule has 0 aliphatic rings. The van der Waals surface area contributed by atoms with Crippen molar-refractivity contribution in [2.45, 2.75) is 6.54 Å². The van der Waals surface area contributed by atoms with Gasteiger partial charge in [-0.2, -0.15) is 0 Å². The Bertz CT molecular complexity index is 572. The van der Waals surface area contributed by atoms with Crippen LogP contribution < -0.4 is 15.4 Å². The molecule has 0 aliphatic heterocycles. The minimum Gasteiger partial charge on any atom is -0.496 e. The van der Waals surface area contributed by atoms with Crippen LogP contribution in [-0.4, -0.2) is 14.2 Å². The first-order chi connectivity index (χ1) is 9.11. The molecular weight excluding hydrogens is 260 g/mol. The van der Waals surface area contributed by atoms with Crippen LogP contribution in [0.2, 0.25) is 5.02 Å². The van der Waals surface area contributed by atoms with Crippen LogP contribution in [0.5, 0.6) is 5.75 Å². The Hall–Kier alpha value is -1.87. The second-order valence-electron chi connectivity index (χ2n) is 4.37. The van der Waals surface area contributed by atoms with Crippen LogP contribution in [0.4, 0.5) is 11.4 Å². The molecule has 0 heterocycles. The molecule has 2 aromatic carbocycles. The van der Waals surface area contributed by atoms with Gasteiger partial charge < -0.3 is 15.4 Å². The molecule has 0 amide bonds. The van der Waals surface area contributed by atoms with E-state index in [1.807, 2.05) is 49.5 Å². The minimum atomic E-state index is 0.679. The second kappa shape index (κ2) is 5.85. The number of rotatable bonds is 4. The van der Waals surface area contributed by atoms with Crippen molar-refractivity contribution in [2.24, 2.45) is 0 Å². The summed E-state index contributed by atoms with van der Waals surface area (Å²) in [6, 6.07) is 13.4. The Morgan fingerprint density at radius 3 is 2.63 bits per heavy atom. The van der Waals surface area contributed by atoms with Crippen molar-refractivity contribution in [3.8, 4) is 5.75 Å². The van der Waals surface area contributed by atoms with Gasteiger partial charge >= 0.3 is 0 Å². The largest absolute Gasteiger partial charge is 0.496 e. The van der Waals surface area contributed by atoms with Crippen molar-refractivity contribution < 1.29 is 4.74 Å². The van der Waals surface area contributed by atoms with Gasteiger partial charge in [-0.25, -0.2) is 0 Å². The van der Waals surface area contributed by atoms with Crippen LogP contribution in [-0.2, 0) is 6.54 Å². The van der Waals surface area contributed by atoms with Crippen LogP contribution in [0.25, 0.3) is 0 Å². The summed E-state index contributed by atoms with van der Waals surface area (Å²) in [6.07, 6.45) is 0. The van der Waals surface area contributed by atoms with Gasteiger partial charge in [-0.1, -0.05) is 23.7 Å². The molecule has 0 atom stereocenters. The zero-order valence-corrected chi connectivity index (χ0v) is 11.8. The molecule has 0 fully saturated rings. The monoisotopic (exact) mass is 276 g/mol. The van der Waals surface area contributed by atoms with E-state index in [1.165, 1.54) is 0 Å². The average molecular weight is 277 g/mol. The number of hydrogen-bond donors (Lipinski definition) is 1. The van der Waals surface area contributed by atoms with Gasteiger partial charge in [0, 0.05) is 24.2 Å². The molecule has 0 radical (unpaired) electrons. The molecule has 2 rings (SSSR count). The second-order valence-corrected chi connectivity index (χ2v) is 4.81. The lowest BCUT2D eigenvalue weighted by Crippen LogP contribution is -2.18. The van der Waals surface area contributed by atoms with Crippen LogP contribution in [0.15, 0.2) is 42.5 Å². The summed E-state index contributed by atoms with van der Waals surface area (Å²) in [5.41, 5.74) is 8.75. The van der Waals surface area contributed by atoms with E-state index >= 15 is 0 Å². The standard InChI is InChI=1S/C15H17ClN2O/c1-18(14-6-4-3-5-13(14)17)10-11-9-12(16)7-8-15(11)19-2/h3-9H,10,17H2,1-2H3. The first-order valence-electron chi connectivity index (χ1n) is 6.00. The van der Waals surface area contributed by atoms with Crippen LogP contribution in [0.3, 0.4) is 0 Å². The Morgan fingerprint density at radius 2 is 1.95 bits per heavy atom. The highest BCUT2D eigenvalue weighted by Crippen LogP contribution is 2.27. The molecule has 2 N–H and O–H groups in total. The number of ether oxygens (including phenoxy) is 1. The van der Waals surface area contributed by atoms with Crippen molar-refractivity contribution in [2.75, 3.05) is 24.8 Å². The van der Waals surface area contributed by atoms with E-state index in [9.17, 15) is 0 Å². The number of nitrogens with two attached hydrogens (primary N) is 1. The molecule has 19 heavy (non-hydrogen) atoms.